The molecule has 1 N–H and O–H groups in total. The molecule has 0 aliphatic carbocycles. The Morgan fingerprint density at radius 1 is 1.33 bits per heavy atom. The molecule has 3 aromatic rings. The Kier molecular flexibility index (Phi) is 3.97. The summed E-state index contributed by atoms with van der Waals surface area (Å²) in [6.07, 6.45) is 3.54. The Morgan fingerprint density at radius 3 is 3.10 bits per heavy atom. The Balaban J connectivity index is 1.68. The summed E-state index contributed by atoms with van der Waals surface area (Å²) in [6.45, 7) is 4.02. The van der Waals surface area contributed by atoms with Crippen molar-refractivity contribution in [2.45, 2.75) is 20.0 Å². The van der Waals surface area contributed by atoms with Gasteiger partial charge in [-0.2, -0.15) is 4.98 Å². The molecule has 0 unspecified atom stereocenters. The molecule has 0 radical (unpaired) electrons. The van der Waals surface area contributed by atoms with Crippen molar-refractivity contribution in [3.8, 4) is 11.5 Å². The van der Waals surface area contributed by atoms with Crippen LogP contribution in [0.2, 0.25) is 0 Å². The molecule has 0 saturated heterocycles. The van der Waals surface area contributed by atoms with Crippen LogP contribution in [0.1, 0.15) is 18.5 Å². The molecule has 8 heteroatoms. The van der Waals surface area contributed by atoms with E-state index in [1.807, 2.05) is 31.3 Å². The van der Waals surface area contributed by atoms with Crippen LogP contribution in [-0.4, -0.2) is 36.7 Å². The van der Waals surface area contributed by atoms with Crippen LogP contribution in [0, 0.1) is 0 Å². The predicted octanol–water partition coefficient (Wildman–Crippen LogP) is 0.881. The van der Waals surface area contributed by atoms with Gasteiger partial charge in [0.25, 0.3) is 0 Å². The molecule has 0 atom stereocenters. The van der Waals surface area contributed by atoms with Gasteiger partial charge in [-0.1, -0.05) is 23.4 Å². The average Bonchev–Trinajstić information content (AvgIpc) is 3.16. The molecule has 0 amide bonds. The lowest BCUT2D eigenvalue weighted by Crippen LogP contribution is -2.11. The molecule has 8 nitrogen and oxygen atoms in total. The van der Waals surface area contributed by atoms with Crippen molar-refractivity contribution in [2.24, 2.45) is 0 Å². The van der Waals surface area contributed by atoms with E-state index in [-0.39, 0.29) is 0 Å². The lowest BCUT2D eigenvalue weighted by Gasteiger charge is -1.94. The monoisotopic (exact) mass is 285 g/mol. The van der Waals surface area contributed by atoms with Crippen molar-refractivity contribution in [3.63, 3.8) is 0 Å². The molecule has 0 aliphatic heterocycles. The molecule has 21 heavy (non-hydrogen) atoms. The zero-order chi connectivity index (χ0) is 14.5. The summed E-state index contributed by atoms with van der Waals surface area (Å²) in [7, 11) is 0. The molecule has 0 aliphatic rings. The molecule has 3 heterocycles. The van der Waals surface area contributed by atoms with E-state index in [9.17, 15) is 0 Å². The number of pyridine rings is 1. The van der Waals surface area contributed by atoms with E-state index in [0.29, 0.717) is 30.5 Å². The van der Waals surface area contributed by atoms with Gasteiger partial charge < -0.3 is 9.84 Å². The Labute approximate surface area is 121 Å². The quantitative estimate of drug-likeness (QED) is 0.718. The molecule has 108 valence electrons. The summed E-state index contributed by atoms with van der Waals surface area (Å²) >= 11 is 0. The topological polar surface area (TPSA) is 94.6 Å². The van der Waals surface area contributed by atoms with E-state index in [0.717, 1.165) is 12.2 Å². The van der Waals surface area contributed by atoms with Crippen LogP contribution in [0.4, 0.5) is 0 Å². The van der Waals surface area contributed by atoms with E-state index < -0.39 is 0 Å². The van der Waals surface area contributed by atoms with Crippen molar-refractivity contribution < 1.29 is 4.52 Å². The van der Waals surface area contributed by atoms with Crippen molar-refractivity contribution in [3.05, 3.63) is 42.2 Å². The van der Waals surface area contributed by atoms with Gasteiger partial charge in [0.05, 0.1) is 11.9 Å². The first kappa shape index (κ1) is 13.4. The largest absolute Gasteiger partial charge is 0.337 e. The second kappa shape index (κ2) is 6.23. The van der Waals surface area contributed by atoms with Crippen LogP contribution in [0.5, 0.6) is 0 Å². The Bertz CT molecular complexity index is 691. The van der Waals surface area contributed by atoms with E-state index >= 15 is 0 Å². The fraction of sp³-hybridized carbons (Fsp3) is 0.308. The minimum atomic E-state index is 0.388. The van der Waals surface area contributed by atoms with Gasteiger partial charge in [0.1, 0.15) is 12.2 Å². The second-order valence-electron chi connectivity index (χ2n) is 4.41. The number of nitrogens with one attached hydrogen (secondary N) is 1. The second-order valence-corrected chi connectivity index (χ2v) is 4.41. The number of nitrogens with zero attached hydrogens (tertiary/aromatic N) is 6. The highest BCUT2D eigenvalue weighted by atomic mass is 16.5. The van der Waals surface area contributed by atoms with E-state index in [1.165, 1.54) is 0 Å². The Morgan fingerprint density at radius 2 is 2.29 bits per heavy atom. The third-order valence-corrected chi connectivity index (χ3v) is 2.80. The molecule has 0 aromatic carbocycles. The van der Waals surface area contributed by atoms with E-state index in [2.05, 4.69) is 30.8 Å². The predicted molar refractivity (Wildman–Crippen MR) is 74.0 cm³/mol. The number of rotatable bonds is 6. The van der Waals surface area contributed by atoms with Crippen molar-refractivity contribution in [1.82, 2.24) is 35.4 Å². The van der Waals surface area contributed by atoms with E-state index in [1.54, 1.807) is 10.9 Å². The highest BCUT2D eigenvalue weighted by Gasteiger charge is 2.10. The molecule has 0 spiro atoms. The summed E-state index contributed by atoms with van der Waals surface area (Å²) in [4.78, 5) is 8.48. The van der Waals surface area contributed by atoms with Gasteiger partial charge in [0.2, 0.25) is 11.7 Å². The zero-order valence-electron chi connectivity index (χ0n) is 11.6. The van der Waals surface area contributed by atoms with Gasteiger partial charge in [0, 0.05) is 12.7 Å². The fourth-order valence-electron chi connectivity index (χ4n) is 1.81. The first-order chi connectivity index (χ1) is 10.3. The Hall–Kier alpha value is -2.61. The normalized spacial score (nSPS) is 10.9. The molecule has 0 bridgehead atoms. The van der Waals surface area contributed by atoms with Crippen LogP contribution in [0.15, 0.2) is 35.1 Å². The molecular weight excluding hydrogens is 270 g/mol. The summed E-state index contributed by atoms with van der Waals surface area (Å²) in [5, 5.41) is 15.2. The summed E-state index contributed by atoms with van der Waals surface area (Å²) in [6, 6.07) is 5.55. The van der Waals surface area contributed by atoms with Crippen LogP contribution in [-0.2, 0) is 13.1 Å². The van der Waals surface area contributed by atoms with Crippen LogP contribution in [0.25, 0.3) is 11.5 Å². The number of hydrogen-bond acceptors (Lipinski definition) is 7. The maximum Gasteiger partial charge on any atom is 0.248 e. The molecule has 0 fully saturated rings. The zero-order valence-corrected chi connectivity index (χ0v) is 11.6. The van der Waals surface area contributed by atoms with Gasteiger partial charge in [-0.15, -0.1) is 5.10 Å². The summed E-state index contributed by atoms with van der Waals surface area (Å²) in [5.41, 5.74) is 1.56. The summed E-state index contributed by atoms with van der Waals surface area (Å²) in [5.74, 6) is 0.939. The highest BCUT2D eigenvalue weighted by Crippen LogP contribution is 2.12. The van der Waals surface area contributed by atoms with Crippen LogP contribution >= 0.6 is 0 Å². The third-order valence-electron chi connectivity index (χ3n) is 2.80. The number of hydrogen-bond donors (Lipinski definition) is 1. The van der Waals surface area contributed by atoms with Crippen molar-refractivity contribution in [1.29, 1.82) is 0 Å². The molecule has 3 aromatic heterocycles. The minimum absolute atomic E-state index is 0.388. The van der Waals surface area contributed by atoms with Gasteiger partial charge in [0.15, 0.2) is 0 Å². The molecule has 0 saturated carbocycles. The fourth-order valence-corrected chi connectivity index (χ4v) is 1.81. The standard InChI is InChI=1S/C13H15N7O/c1-2-14-7-10-8-20(19-17-10)9-12-16-13(18-21-12)11-5-3-4-6-15-11/h3-6,8,14H,2,7,9H2,1H3. The maximum absolute atomic E-state index is 5.21. The van der Waals surface area contributed by atoms with Gasteiger partial charge in [-0.3, -0.25) is 4.98 Å². The third kappa shape index (κ3) is 3.29. The lowest BCUT2D eigenvalue weighted by molar-refractivity contribution is 0.364. The molecular formula is C13H15N7O. The van der Waals surface area contributed by atoms with E-state index in [4.69, 9.17) is 4.52 Å². The van der Waals surface area contributed by atoms with Crippen LogP contribution in [0.3, 0.4) is 0 Å². The van der Waals surface area contributed by atoms with Gasteiger partial charge in [-0.05, 0) is 18.7 Å². The van der Waals surface area contributed by atoms with Gasteiger partial charge in [-0.25, -0.2) is 4.68 Å². The average molecular weight is 285 g/mol. The maximum atomic E-state index is 5.21. The minimum Gasteiger partial charge on any atom is -0.337 e. The SMILES string of the molecule is CCNCc1cn(Cc2nc(-c3ccccn3)no2)nn1. The first-order valence-electron chi connectivity index (χ1n) is 6.69. The molecule has 3 rings (SSSR count). The van der Waals surface area contributed by atoms with Crippen LogP contribution < -0.4 is 5.32 Å². The lowest BCUT2D eigenvalue weighted by atomic mass is 10.3. The van der Waals surface area contributed by atoms with Crippen molar-refractivity contribution >= 4 is 0 Å². The number of aromatic nitrogens is 6. The van der Waals surface area contributed by atoms with Crippen molar-refractivity contribution in [2.75, 3.05) is 6.54 Å². The smallest absolute Gasteiger partial charge is 0.248 e. The first-order valence-corrected chi connectivity index (χ1v) is 6.69. The van der Waals surface area contributed by atoms with Gasteiger partial charge >= 0.3 is 0 Å². The highest BCUT2D eigenvalue weighted by molar-refractivity contribution is 5.46. The summed E-state index contributed by atoms with van der Waals surface area (Å²) < 4.78 is 6.88.